The topological polar surface area (TPSA) is 108 Å². The van der Waals surface area contributed by atoms with Crippen LogP contribution in [0.2, 0.25) is 0 Å². The number of hydrogen-bond donors (Lipinski definition) is 2. The Bertz CT molecular complexity index is 1200. The molecule has 0 aliphatic heterocycles. The minimum atomic E-state index is -4.56. The number of likely N-dealkylation sites (N-methyl/N-ethyl adjacent to an activating group) is 1. The second-order valence-electron chi connectivity index (χ2n) is 21.4. The molecular formula is C59H115N2O6P. The van der Waals surface area contributed by atoms with Crippen molar-refractivity contribution < 1.29 is 32.9 Å². The third-order valence-electron chi connectivity index (χ3n) is 13.4. The van der Waals surface area contributed by atoms with Crippen molar-refractivity contribution in [1.82, 2.24) is 5.32 Å². The quantitative estimate of drug-likeness (QED) is 0.0272. The monoisotopic (exact) mass is 979 g/mol. The molecule has 0 bridgehead atoms. The van der Waals surface area contributed by atoms with Gasteiger partial charge in [0.1, 0.15) is 13.2 Å². The van der Waals surface area contributed by atoms with Crippen LogP contribution in [-0.4, -0.2) is 68.5 Å². The molecule has 9 heteroatoms. The number of nitrogens with one attached hydrogen (secondary N) is 1. The lowest BCUT2D eigenvalue weighted by Gasteiger charge is -2.30. The van der Waals surface area contributed by atoms with Crippen LogP contribution in [0.1, 0.15) is 284 Å². The maximum atomic E-state index is 12.9. The third kappa shape index (κ3) is 52.5. The summed E-state index contributed by atoms with van der Waals surface area (Å²) in [5.41, 5.74) is 0. The van der Waals surface area contributed by atoms with Gasteiger partial charge in [-0.25, -0.2) is 0 Å². The van der Waals surface area contributed by atoms with E-state index in [2.05, 4.69) is 55.6 Å². The molecule has 0 aliphatic rings. The molecule has 1 amide bonds. The number of allylic oxidation sites excluding steroid dienone is 6. The van der Waals surface area contributed by atoms with Crippen LogP contribution in [0.25, 0.3) is 0 Å². The lowest BCUT2D eigenvalue weighted by Crippen LogP contribution is -2.46. The first-order chi connectivity index (χ1) is 33.0. The van der Waals surface area contributed by atoms with Crippen LogP contribution in [0.5, 0.6) is 0 Å². The van der Waals surface area contributed by atoms with E-state index in [9.17, 15) is 19.4 Å². The van der Waals surface area contributed by atoms with Gasteiger partial charge in [-0.05, 0) is 51.4 Å². The number of aliphatic hydroxyl groups excluding tert-OH is 1. The van der Waals surface area contributed by atoms with Gasteiger partial charge in [0.2, 0.25) is 5.91 Å². The van der Waals surface area contributed by atoms with Gasteiger partial charge in [0.15, 0.2) is 0 Å². The van der Waals surface area contributed by atoms with E-state index in [1.807, 2.05) is 21.1 Å². The summed E-state index contributed by atoms with van der Waals surface area (Å²) in [4.78, 5) is 25.4. The molecule has 0 saturated carbocycles. The van der Waals surface area contributed by atoms with Gasteiger partial charge in [-0.3, -0.25) is 9.36 Å². The molecule has 3 atom stereocenters. The Hall–Kier alpha value is -1.28. The van der Waals surface area contributed by atoms with E-state index in [0.29, 0.717) is 23.9 Å². The lowest BCUT2D eigenvalue weighted by molar-refractivity contribution is -0.870. The summed E-state index contributed by atoms with van der Waals surface area (Å²) >= 11 is 0. The van der Waals surface area contributed by atoms with Gasteiger partial charge in [0, 0.05) is 6.42 Å². The molecule has 0 radical (unpaired) electrons. The molecule has 2 N–H and O–H groups in total. The highest BCUT2D eigenvalue weighted by atomic mass is 31.2. The van der Waals surface area contributed by atoms with Crippen molar-refractivity contribution in [2.24, 2.45) is 0 Å². The van der Waals surface area contributed by atoms with Crippen molar-refractivity contribution in [2.75, 3.05) is 40.9 Å². The predicted molar refractivity (Wildman–Crippen MR) is 293 cm³/mol. The zero-order valence-electron chi connectivity index (χ0n) is 45.8. The number of phosphoric ester groups is 1. The van der Waals surface area contributed by atoms with Crippen LogP contribution < -0.4 is 10.2 Å². The van der Waals surface area contributed by atoms with E-state index < -0.39 is 20.0 Å². The van der Waals surface area contributed by atoms with Gasteiger partial charge >= 0.3 is 0 Å². The second kappa shape index (κ2) is 50.7. The van der Waals surface area contributed by atoms with Crippen LogP contribution in [-0.2, 0) is 18.4 Å². The molecule has 3 unspecified atom stereocenters. The Balaban J connectivity index is 3.90. The summed E-state index contributed by atoms with van der Waals surface area (Å²) in [7, 11) is 1.31. The molecule has 0 aliphatic carbocycles. The maximum absolute atomic E-state index is 12.9. The third-order valence-corrected chi connectivity index (χ3v) is 14.3. The van der Waals surface area contributed by atoms with Gasteiger partial charge in [-0.1, -0.05) is 262 Å². The van der Waals surface area contributed by atoms with E-state index in [0.717, 1.165) is 51.4 Å². The number of nitrogens with zero attached hydrogens (tertiary/aromatic N) is 1. The molecule has 402 valence electrons. The predicted octanol–water partition coefficient (Wildman–Crippen LogP) is 17.1. The first-order valence-corrected chi connectivity index (χ1v) is 30.8. The number of hydrogen-bond acceptors (Lipinski definition) is 6. The van der Waals surface area contributed by atoms with Crippen molar-refractivity contribution in [3.8, 4) is 0 Å². The summed E-state index contributed by atoms with van der Waals surface area (Å²) in [6.45, 7) is 4.72. The molecule has 0 saturated heterocycles. The molecule has 0 heterocycles. The summed E-state index contributed by atoms with van der Waals surface area (Å²) in [6, 6.07) is -0.797. The summed E-state index contributed by atoms with van der Waals surface area (Å²) in [6.07, 6.45) is 64.8. The number of aliphatic hydroxyl groups is 1. The summed E-state index contributed by atoms with van der Waals surface area (Å²) in [5, 5.41) is 13.9. The molecule has 68 heavy (non-hydrogen) atoms. The average molecular weight is 980 g/mol. The fraction of sp³-hybridized carbons (Fsp3) is 0.881. The highest BCUT2D eigenvalue weighted by Crippen LogP contribution is 2.38. The Kier molecular flexibility index (Phi) is 49.7. The Morgan fingerprint density at radius 3 is 1.24 bits per heavy atom. The van der Waals surface area contributed by atoms with Gasteiger partial charge in [-0.15, -0.1) is 0 Å². The van der Waals surface area contributed by atoms with E-state index in [1.54, 1.807) is 0 Å². The Morgan fingerprint density at radius 2 is 0.853 bits per heavy atom. The van der Waals surface area contributed by atoms with E-state index in [1.165, 1.54) is 205 Å². The van der Waals surface area contributed by atoms with Crippen LogP contribution in [0.4, 0.5) is 0 Å². The smallest absolute Gasteiger partial charge is 0.268 e. The molecule has 0 aromatic rings. The van der Waals surface area contributed by atoms with Crippen LogP contribution in [0.15, 0.2) is 36.5 Å². The fourth-order valence-corrected chi connectivity index (χ4v) is 9.48. The minimum absolute atomic E-state index is 0.0137. The number of carbonyl (C=O) groups is 1. The number of unbranched alkanes of at least 4 members (excludes halogenated alkanes) is 35. The van der Waals surface area contributed by atoms with Crippen LogP contribution in [0, 0.1) is 0 Å². The van der Waals surface area contributed by atoms with Crippen molar-refractivity contribution >= 4 is 13.7 Å². The SMILES string of the molecule is CCCCCCC/C=C\C/C=C\C/C=C\CCCCCCCCCCCCCCCCCCCCCCC(=O)NC(COP(=O)([O-])OCC[N+](C)(C)C)C(O)CCCCCCCCCCCCC. The first kappa shape index (κ1) is 66.7. The number of amides is 1. The molecule has 0 aromatic heterocycles. The number of phosphoric acid groups is 1. The highest BCUT2D eigenvalue weighted by Gasteiger charge is 2.24. The molecule has 0 fully saturated rings. The van der Waals surface area contributed by atoms with E-state index in [4.69, 9.17) is 9.05 Å². The molecule has 8 nitrogen and oxygen atoms in total. The van der Waals surface area contributed by atoms with Crippen LogP contribution >= 0.6 is 7.82 Å². The fourth-order valence-electron chi connectivity index (χ4n) is 8.76. The molecule has 0 spiro atoms. The molecule has 0 aromatic carbocycles. The largest absolute Gasteiger partial charge is 0.756 e. The lowest BCUT2D eigenvalue weighted by atomic mass is 10.0. The molecular weight excluding hydrogens is 864 g/mol. The van der Waals surface area contributed by atoms with Crippen molar-refractivity contribution in [1.29, 1.82) is 0 Å². The molecule has 0 rings (SSSR count). The highest BCUT2D eigenvalue weighted by molar-refractivity contribution is 7.45. The van der Waals surface area contributed by atoms with Crippen LogP contribution in [0.3, 0.4) is 0 Å². The van der Waals surface area contributed by atoms with Crippen molar-refractivity contribution in [3.63, 3.8) is 0 Å². The Labute approximate surface area is 423 Å². The van der Waals surface area contributed by atoms with E-state index >= 15 is 0 Å². The zero-order valence-corrected chi connectivity index (χ0v) is 46.7. The Morgan fingerprint density at radius 1 is 0.515 bits per heavy atom. The minimum Gasteiger partial charge on any atom is -0.756 e. The van der Waals surface area contributed by atoms with Gasteiger partial charge < -0.3 is 28.8 Å². The number of quaternary nitrogens is 1. The average Bonchev–Trinajstić information content (AvgIpc) is 3.30. The first-order valence-electron chi connectivity index (χ1n) is 29.3. The van der Waals surface area contributed by atoms with Gasteiger partial charge in [0.25, 0.3) is 7.82 Å². The summed E-state index contributed by atoms with van der Waals surface area (Å²) in [5.74, 6) is -0.162. The number of carbonyl (C=O) groups excluding carboxylic acids is 1. The standard InChI is InChI=1S/C59H115N2O6P/c1-6-8-10-12-14-16-18-19-20-21-22-23-24-25-26-27-28-29-30-31-32-33-34-35-36-37-38-39-40-41-43-45-47-49-51-53-59(63)60-57(56-67-68(64,65)66-55-54-61(3,4)5)58(62)52-50-48-46-44-42-17-15-13-11-9-7-2/h18-19,21-22,24-25,57-58,62H,6-17,20,23,26-56H2,1-5H3,(H-,60,63,64,65)/b19-18-,22-21-,25-24-. The van der Waals surface area contributed by atoms with Gasteiger partial charge in [0.05, 0.1) is 39.9 Å². The van der Waals surface area contributed by atoms with Gasteiger partial charge in [-0.2, -0.15) is 0 Å². The second-order valence-corrected chi connectivity index (χ2v) is 22.8. The van der Waals surface area contributed by atoms with Crippen molar-refractivity contribution in [3.05, 3.63) is 36.5 Å². The maximum Gasteiger partial charge on any atom is 0.268 e. The number of rotatable bonds is 54. The van der Waals surface area contributed by atoms with Crippen molar-refractivity contribution in [2.45, 2.75) is 296 Å². The summed E-state index contributed by atoms with van der Waals surface area (Å²) < 4.78 is 23.3. The van der Waals surface area contributed by atoms with E-state index in [-0.39, 0.29) is 19.1 Å². The normalized spacial score (nSPS) is 14.2. The zero-order chi connectivity index (χ0) is 49.9.